The van der Waals surface area contributed by atoms with Gasteiger partial charge in [0.05, 0.1) is 6.61 Å². The second-order valence-electron chi connectivity index (χ2n) is 5.53. The maximum absolute atomic E-state index is 5.87. The molecule has 1 aromatic rings. The standard InChI is InChI=1S/C20H30O/c1-4-7-8-9-10-11-12-13-16-21-20-15-14-18(5-2)17-19(20)6-3/h5-6,14-15,17H,2-4,7-13,16H2,1H3. The van der Waals surface area contributed by atoms with Gasteiger partial charge in [0, 0.05) is 5.56 Å². The van der Waals surface area contributed by atoms with E-state index < -0.39 is 0 Å². The van der Waals surface area contributed by atoms with Crippen LogP contribution in [-0.4, -0.2) is 6.61 Å². The van der Waals surface area contributed by atoms with E-state index in [0.717, 1.165) is 29.9 Å². The van der Waals surface area contributed by atoms with Gasteiger partial charge in [0.1, 0.15) is 5.75 Å². The molecule has 0 radical (unpaired) electrons. The lowest BCUT2D eigenvalue weighted by atomic mass is 10.1. The summed E-state index contributed by atoms with van der Waals surface area (Å²) in [5, 5.41) is 0. The summed E-state index contributed by atoms with van der Waals surface area (Å²) in [5.41, 5.74) is 2.15. The van der Waals surface area contributed by atoms with E-state index in [1.165, 1.54) is 44.9 Å². The van der Waals surface area contributed by atoms with Crippen molar-refractivity contribution in [3.05, 3.63) is 42.5 Å². The van der Waals surface area contributed by atoms with Gasteiger partial charge in [-0.3, -0.25) is 0 Å². The Labute approximate surface area is 130 Å². The van der Waals surface area contributed by atoms with E-state index >= 15 is 0 Å². The molecule has 0 aliphatic carbocycles. The molecule has 1 aromatic carbocycles. The van der Waals surface area contributed by atoms with Gasteiger partial charge < -0.3 is 4.74 Å². The predicted octanol–water partition coefficient (Wildman–Crippen LogP) is 6.49. The summed E-state index contributed by atoms with van der Waals surface area (Å²) < 4.78 is 5.87. The first-order chi connectivity index (χ1) is 10.3. The van der Waals surface area contributed by atoms with Crippen molar-refractivity contribution in [2.45, 2.75) is 58.3 Å². The molecule has 0 fully saturated rings. The van der Waals surface area contributed by atoms with E-state index in [2.05, 4.69) is 26.1 Å². The average molecular weight is 286 g/mol. The zero-order valence-electron chi connectivity index (χ0n) is 13.6. The van der Waals surface area contributed by atoms with Crippen molar-refractivity contribution in [3.8, 4) is 5.75 Å². The van der Waals surface area contributed by atoms with Crippen molar-refractivity contribution in [2.75, 3.05) is 6.61 Å². The van der Waals surface area contributed by atoms with Gasteiger partial charge in [0.2, 0.25) is 0 Å². The van der Waals surface area contributed by atoms with Crippen LogP contribution >= 0.6 is 0 Å². The number of rotatable bonds is 12. The van der Waals surface area contributed by atoms with Crippen molar-refractivity contribution in [2.24, 2.45) is 0 Å². The monoisotopic (exact) mass is 286 g/mol. The van der Waals surface area contributed by atoms with E-state index in [4.69, 9.17) is 4.74 Å². The molecule has 0 aliphatic heterocycles. The lowest BCUT2D eigenvalue weighted by Gasteiger charge is -2.10. The zero-order chi connectivity index (χ0) is 15.3. The Bertz CT molecular complexity index is 420. The lowest BCUT2D eigenvalue weighted by Crippen LogP contribution is -1.99. The molecule has 0 bridgehead atoms. The van der Waals surface area contributed by atoms with Crippen molar-refractivity contribution in [3.63, 3.8) is 0 Å². The molecule has 116 valence electrons. The van der Waals surface area contributed by atoms with Crippen LogP contribution < -0.4 is 4.74 Å². The SMILES string of the molecule is C=Cc1ccc(OCCCCCCCCCC)c(C=C)c1. The predicted molar refractivity (Wildman–Crippen MR) is 94.7 cm³/mol. The quantitative estimate of drug-likeness (QED) is 0.399. The number of benzene rings is 1. The molecular formula is C20H30O. The first-order valence-electron chi connectivity index (χ1n) is 8.33. The molecule has 0 heterocycles. The largest absolute Gasteiger partial charge is 0.493 e. The smallest absolute Gasteiger partial charge is 0.126 e. The highest BCUT2D eigenvalue weighted by Gasteiger charge is 2.01. The molecule has 0 aliphatic rings. The minimum atomic E-state index is 0.795. The number of hydrogen-bond donors (Lipinski definition) is 0. The molecule has 0 atom stereocenters. The molecule has 1 heteroatoms. The van der Waals surface area contributed by atoms with Crippen molar-refractivity contribution in [1.82, 2.24) is 0 Å². The third kappa shape index (κ3) is 7.17. The van der Waals surface area contributed by atoms with Gasteiger partial charge in [0.15, 0.2) is 0 Å². The Hall–Kier alpha value is -1.50. The van der Waals surface area contributed by atoms with Crippen LogP contribution in [0.4, 0.5) is 0 Å². The van der Waals surface area contributed by atoms with Crippen LogP contribution in [0.5, 0.6) is 5.75 Å². The lowest BCUT2D eigenvalue weighted by molar-refractivity contribution is 0.303. The van der Waals surface area contributed by atoms with Crippen LogP contribution in [0.1, 0.15) is 69.4 Å². The maximum atomic E-state index is 5.87. The molecular weight excluding hydrogens is 256 g/mol. The minimum Gasteiger partial charge on any atom is -0.493 e. The second-order valence-corrected chi connectivity index (χ2v) is 5.53. The first kappa shape index (κ1) is 17.6. The third-order valence-electron chi connectivity index (χ3n) is 3.74. The number of hydrogen-bond acceptors (Lipinski definition) is 1. The van der Waals surface area contributed by atoms with Gasteiger partial charge >= 0.3 is 0 Å². The fourth-order valence-corrected chi connectivity index (χ4v) is 2.40. The van der Waals surface area contributed by atoms with Gasteiger partial charge in [-0.1, -0.05) is 83.2 Å². The van der Waals surface area contributed by atoms with Gasteiger partial charge in [-0.05, 0) is 24.1 Å². The summed E-state index contributed by atoms with van der Waals surface area (Å²) in [4.78, 5) is 0. The van der Waals surface area contributed by atoms with E-state index in [9.17, 15) is 0 Å². The molecule has 0 N–H and O–H groups in total. The van der Waals surface area contributed by atoms with Crippen LogP contribution in [0, 0.1) is 0 Å². The van der Waals surface area contributed by atoms with Crippen LogP contribution in [0.15, 0.2) is 31.4 Å². The normalized spacial score (nSPS) is 10.3. The van der Waals surface area contributed by atoms with Crippen molar-refractivity contribution >= 4 is 12.2 Å². The van der Waals surface area contributed by atoms with Crippen LogP contribution in [0.3, 0.4) is 0 Å². The number of unbranched alkanes of at least 4 members (excludes halogenated alkanes) is 7. The van der Waals surface area contributed by atoms with Crippen LogP contribution in [0.25, 0.3) is 12.2 Å². The molecule has 0 spiro atoms. The molecule has 1 rings (SSSR count). The Morgan fingerprint density at radius 3 is 2.19 bits per heavy atom. The molecule has 0 saturated heterocycles. The summed E-state index contributed by atoms with van der Waals surface area (Å²) >= 11 is 0. The maximum Gasteiger partial charge on any atom is 0.126 e. The van der Waals surface area contributed by atoms with Crippen molar-refractivity contribution < 1.29 is 4.74 Å². The second kappa shape index (κ2) is 11.2. The summed E-state index contributed by atoms with van der Waals surface area (Å²) in [7, 11) is 0. The van der Waals surface area contributed by atoms with Crippen LogP contribution in [0.2, 0.25) is 0 Å². The molecule has 1 nitrogen and oxygen atoms in total. The fraction of sp³-hybridized carbons (Fsp3) is 0.500. The van der Waals surface area contributed by atoms with E-state index in [-0.39, 0.29) is 0 Å². The highest BCUT2D eigenvalue weighted by atomic mass is 16.5. The highest BCUT2D eigenvalue weighted by molar-refractivity contribution is 5.61. The third-order valence-corrected chi connectivity index (χ3v) is 3.74. The molecule has 0 amide bonds. The molecule has 0 aromatic heterocycles. The zero-order valence-corrected chi connectivity index (χ0v) is 13.6. The topological polar surface area (TPSA) is 9.23 Å². The summed E-state index contributed by atoms with van der Waals surface area (Å²) in [6.45, 7) is 10.7. The molecule has 21 heavy (non-hydrogen) atoms. The molecule has 0 saturated carbocycles. The fourth-order valence-electron chi connectivity index (χ4n) is 2.40. The summed E-state index contributed by atoms with van der Waals surface area (Å²) in [6.07, 6.45) is 14.3. The average Bonchev–Trinajstić information content (AvgIpc) is 2.53. The van der Waals surface area contributed by atoms with Crippen LogP contribution in [-0.2, 0) is 0 Å². The van der Waals surface area contributed by atoms with Gasteiger partial charge in [-0.25, -0.2) is 0 Å². The Morgan fingerprint density at radius 1 is 0.905 bits per heavy atom. The number of ether oxygens (including phenoxy) is 1. The first-order valence-corrected chi connectivity index (χ1v) is 8.33. The van der Waals surface area contributed by atoms with E-state index in [1.54, 1.807) is 0 Å². The van der Waals surface area contributed by atoms with Crippen molar-refractivity contribution in [1.29, 1.82) is 0 Å². The minimum absolute atomic E-state index is 0.795. The Balaban J connectivity index is 2.18. The van der Waals surface area contributed by atoms with E-state index in [1.807, 2.05) is 24.3 Å². The highest BCUT2D eigenvalue weighted by Crippen LogP contribution is 2.22. The molecule has 0 unspecified atom stereocenters. The Morgan fingerprint density at radius 2 is 1.57 bits per heavy atom. The summed E-state index contributed by atoms with van der Waals surface area (Å²) in [5.74, 6) is 0.929. The van der Waals surface area contributed by atoms with Gasteiger partial charge in [0.25, 0.3) is 0 Å². The summed E-state index contributed by atoms with van der Waals surface area (Å²) in [6, 6.07) is 6.10. The Kier molecular flexibility index (Phi) is 9.35. The van der Waals surface area contributed by atoms with E-state index in [0.29, 0.717) is 0 Å². The van der Waals surface area contributed by atoms with Gasteiger partial charge in [-0.15, -0.1) is 0 Å². The van der Waals surface area contributed by atoms with Gasteiger partial charge in [-0.2, -0.15) is 0 Å².